The van der Waals surface area contributed by atoms with Gasteiger partial charge in [-0.25, -0.2) is 0 Å². The number of ketones is 1. The molecule has 3 nitrogen and oxygen atoms in total. The lowest BCUT2D eigenvalue weighted by atomic mass is 10.3. The van der Waals surface area contributed by atoms with E-state index in [1.165, 1.54) is 13.2 Å². The van der Waals surface area contributed by atoms with Crippen LogP contribution in [-0.2, 0) is 14.3 Å². The molecule has 0 saturated carbocycles. The predicted octanol–water partition coefficient (Wildman–Crippen LogP) is 1.60. The molecule has 66 valence electrons. The minimum absolute atomic E-state index is 0.180. The lowest BCUT2D eigenvalue weighted by Gasteiger charge is -1.94. The number of carbonyl (C=O) groups excluding carboxylic acids is 2. The van der Waals surface area contributed by atoms with Gasteiger partial charge in [0.15, 0.2) is 0 Å². The molecule has 0 aromatic rings. The molecule has 12 heavy (non-hydrogen) atoms. The van der Waals surface area contributed by atoms with Crippen LogP contribution in [0.15, 0.2) is 24.5 Å². The van der Waals surface area contributed by atoms with E-state index in [2.05, 4.69) is 11.3 Å². The Labute approximate surface area is 71.7 Å². The lowest BCUT2D eigenvalue weighted by molar-refractivity contribution is -0.140. The van der Waals surface area contributed by atoms with E-state index >= 15 is 0 Å². The van der Waals surface area contributed by atoms with Crippen LogP contribution >= 0.6 is 0 Å². The number of hydrogen-bond donors (Lipinski definition) is 0. The van der Waals surface area contributed by atoms with Crippen LogP contribution in [0.25, 0.3) is 0 Å². The quantitative estimate of drug-likeness (QED) is 0.277. The number of ether oxygens (including phenoxy) is 1. The Balaban J connectivity index is 3.71. The van der Waals surface area contributed by atoms with Gasteiger partial charge in [0.1, 0.15) is 12.2 Å². The molecule has 0 rings (SSSR count). The van der Waals surface area contributed by atoms with E-state index in [0.29, 0.717) is 0 Å². The molecule has 0 aliphatic carbocycles. The van der Waals surface area contributed by atoms with Gasteiger partial charge in [-0.3, -0.25) is 9.59 Å². The molecular formula is C9H12O3. The van der Waals surface area contributed by atoms with Crippen LogP contribution < -0.4 is 0 Å². The highest BCUT2D eigenvalue weighted by atomic mass is 16.5. The second kappa shape index (κ2) is 5.29. The minimum Gasteiger partial charge on any atom is -0.434 e. The van der Waals surface area contributed by atoms with E-state index in [4.69, 9.17) is 0 Å². The summed E-state index contributed by atoms with van der Waals surface area (Å²) in [5.74, 6) is -0.747. The Morgan fingerprint density at radius 2 is 2.00 bits per heavy atom. The van der Waals surface area contributed by atoms with E-state index in [0.717, 1.165) is 5.57 Å². The molecule has 0 saturated heterocycles. The van der Waals surface area contributed by atoms with Crippen molar-refractivity contribution >= 4 is 11.8 Å². The zero-order chi connectivity index (χ0) is 9.56. The Morgan fingerprint density at radius 3 is 2.42 bits per heavy atom. The monoisotopic (exact) mass is 168 g/mol. The highest BCUT2D eigenvalue weighted by Gasteiger charge is 2.03. The summed E-state index contributed by atoms with van der Waals surface area (Å²) in [5, 5.41) is 0. The SMILES string of the molecule is C=C(C)C=COC(=O)CC(C)=O. The Kier molecular flexibility index (Phi) is 4.69. The van der Waals surface area contributed by atoms with Gasteiger partial charge >= 0.3 is 5.97 Å². The van der Waals surface area contributed by atoms with Gasteiger partial charge in [-0.1, -0.05) is 12.2 Å². The van der Waals surface area contributed by atoms with Crippen LogP contribution in [0.4, 0.5) is 0 Å². The van der Waals surface area contributed by atoms with Gasteiger partial charge in [0.25, 0.3) is 0 Å². The third-order valence-electron chi connectivity index (χ3n) is 0.945. The molecule has 0 fully saturated rings. The summed E-state index contributed by atoms with van der Waals surface area (Å²) >= 11 is 0. The molecule has 0 radical (unpaired) electrons. The van der Waals surface area contributed by atoms with Crippen molar-refractivity contribution < 1.29 is 14.3 Å². The molecule has 0 atom stereocenters. The fraction of sp³-hybridized carbons (Fsp3) is 0.333. The second-order valence-corrected chi connectivity index (χ2v) is 2.52. The molecule has 0 bridgehead atoms. The van der Waals surface area contributed by atoms with Gasteiger partial charge in [-0.05, 0) is 19.9 Å². The summed E-state index contributed by atoms with van der Waals surface area (Å²) < 4.78 is 4.56. The highest BCUT2D eigenvalue weighted by Crippen LogP contribution is 1.92. The second-order valence-electron chi connectivity index (χ2n) is 2.52. The third-order valence-corrected chi connectivity index (χ3v) is 0.945. The first kappa shape index (κ1) is 10.6. The van der Waals surface area contributed by atoms with Crippen molar-refractivity contribution in [1.29, 1.82) is 0 Å². The lowest BCUT2D eigenvalue weighted by Crippen LogP contribution is -2.04. The largest absolute Gasteiger partial charge is 0.434 e. The van der Waals surface area contributed by atoms with E-state index in [9.17, 15) is 9.59 Å². The molecular weight excluding hydrogens is 156 g/mol. The molecule has 0 heterocycles. The molecule has 0 aliphatic heterocycles. The zero-order valence-corrected chi connectivity index (χ0v) is 7.29. The molecule has 0 aromatic carbocycles. The van der Waals surface area contributed by atoms with Crippen molar-refractivity contribution in [2.45, 2.75) is 20.3 Å². The predicted molar refractivity (Wildman–Crippen MR) is 45.3 cm³/mol. The molecule has 0 N–H and O–H groups in total. The van der Waals surface area contributed by atoms with Crippen LogP contribution in [-0.4, -0.2) is 11.8 Å². The van der Waals surface area contributed by atoms with Gasteiger partial charge < -0.3 is 4.74 Å². The Morgan fingerprint density at radius 1 is 1.42 bits per heavy atom. The van der Waals surface area contributed by atoms with Gasteiger partial charge in [0, 0.05) is 0 Å². The number of rotatable bonds is 4. The summed E-state index contributed by atoms with van der Waals surface area (Å²) in [5.41, 5.74) is 0.783. The Bertz CT molecular complexity index is 226. The average Bonchev–Trinajstić information content (AvgIpc) is 1.84. The third kappa shape index (κ3) is 6.74. The maximum Gasteiger partial charge on any atom is 0.318 e. The molecule has 0 unspecified atom stereocenters. The first-order chi connectivity index (χ1) is 5.52. The van der Waals surface area contributed by atoms with Crippen molar-refractivity contribution in [2.24, 2.45) is 0 Å². The van der Waals surface area contributed by atoms with Crippen molar-refractivity contribution in [2.75, 3.05) is 0 Å². The number of Topliss-reactive ketones (excluding diaryl/α,β-unsaturated/α-hetero) is 1. The normalized spacial score (nSPS) is 9.83. The van der Waals surface area contributed by atoms with Crippen molar-refractivity contribution in [3.8, 4) is 0 Å². The van der Waals surface area contributed by atoms with E-state index in [-0.39, 0.29) is 12.2 Å². The molecule has 0 amide bonds. The van der Waals surface area contributed by atoms with E-state index in [1.54, 1.807) is 13.0 Å². The van der Waals surface area contributed by atoms with Gasteiger partial charge in [-0.15, -0.1) is 0 Å². The van der Waals surface area contributed by atoms with Crippen LogP contribution in [0, 0.1) is 0 Å². The number of hydrogen-bond acceptors (Lipinski definition) is 3. The van der Waals surface area contributed by atoms with Gasteiger partial charge in [-0.2, -0.15) is 0 Å². The van der Waals surface area contributed by atoms with Crippen molar-refractivity contribution in [1.82, 2.24) is 0 Å². The molecule has 0 spiro atoms. The topological polar surface area (TPSA) is 43.4 Å². The number of esters is 1. The first-order valence-electron chi connectivity index (χ1n) is 3.53. The summed E-state index contributed by atoms with van der Waals surface area (Å²) in [7, 11) is 0. The summed E-state index contributed by atoms with van der Waals surface area (Å²) in [6, 6.07) is 0. The maximum atomic E-state index is 10.7. The first-order valence-corrected chi connectivity index (χ1v) is 3.53. The fourth-order valence-corrected chi connectivity index (χ4v) is 0.471. The standard InChI is InChI=1S/C9H12O3/c1-7(2)4-5-12-9(11)6-8(3)10/h4-5H,1,6H2,2-3H3. The maximum absolute atomic E-state index is 10.7. The average molecular weight is 168 g/mol. The molecule has 0 aromatic heterocycles. The van der Waals surface area contributed by atoms with E-state index in [1.807, 2.05) is 0 Å². The number of allylic oxidation sites excluding steroid dienone is 2. The molecule has 0 aliphatic rings. The summed E-state index contributed by atoms with van der Waals surface area (Å²) in [4.78, 5) is 21.1. The Hall–Kier alpha value is -1.38. The highest BCUT2D eigenvalue weighted by molar-refractivity contribution is 5.94. The molecule has 3 heteroatoms. The van der Waals surface area contributed by atoms with Crippen molar-refractivity contribution in [3.63, 3.8) is 0 Å². The summed E-state index contributed by atoms with van der Waals surface area (Å²) in [6.45, 7) is 6.68. The number of carbonyl (C=O) groups is 2. The fourth-order valence-electron chi connectivity index (χ4n) is 0.471. The van der Waals surface area contributed by atoms with Crippen LogP contribution in [0.1, 0.15) is 20.3 Å². The van der Waals surface area contributed by atoms with Gasteiger partial charge in [0.2, 0.25) is 0 Å². The van der Waals surface area contributed by atoms with Crippen LogP contribution in [0.2, 0.25) is 0 Å². The van der Waals surface area contributed by atoms with Crippen molar-refractivity contribution in [3.05, 3.63) is 24.5 Å². The smallest absolute Gasteiger partial charge is 0.318 e. The minimum atomic E-state index is -0.542. The van der Waals surface area contributed by atoms with Gasteiger partial charge in [0.05, 0.1) is 6.26 Å². The van der Waals surface area contributed by atoms with Crippen LogP contribution in [0.3, 0.4) is 0 Å². The van der Waals surface area contributed by atoms with E-state index < -0.39 is 5.97 Å². The van der Waals surface area contributed by atoms with Crippen LogP contribution in [0.5, 0.6) is 0 Å². The summed E-state index contributed by atoms with van der Waals surface area (Å²) in [6.07, 6.45) is 2.60. The zero-order valence-electron chi connectivity index (χ0n) is 7.29.